The molecule has 84 valence electrons. The van der Waals surface area contributed by atoms with Crippen LogP contribution in [-0.4, -0.2) is 22.5 Å². The number of nitro groups is 2. The van der Waals surface area contributed by atoms with Gasteiger partial charge in [-0.2, -0.15) is 0 Å². The van der Waals surface area contributed by atoms with Crippen LogP contribution in [0.3, 0.4) is 0 Å². The van der Waals surface area contributed by atoms with Crippen LogP contribution in [0.15, 0.2) is 18.2 Å². The highest BCUT2D eigenvalue weighted by Crippen LogP contribution is 2.29. The largest absolute Gasteiger partial charge is 0.486 e. The molecule has 0 spiro atoms. The first kappa shape index (κ1) is 10.3. The molecule has 0 aromatic heterocycles. The molecule has 0 bridgehead atoms. The molecule has 0 aliphatic carbocycles. The van der Waals surface area contributed by atoms with Gasteiger partial charge in [0.15, 0.2) is 6.61 Å². The molecule has 1 atom stereocenters. The minimum atomic E-state index is -0.825. The zero-order valence-corrected chi connectivity index (χ0v) is 8.16. The van der Waals surface area contributed by atoms with Gasteiger partial charge in [-0.25, -0.2) is 0 Å². The SMILES string of the molecule is O=[N+]([O-])c1ccc2c(c1)CC([N+](=O)[O-])CO2. The topological polar surface area (TPSA) is 95.5 Å². The molecule has 7 nitrogen and oxygen atoms in total. The van der Waals surface area contributed by atoms with E-state index < -0.39 is 15.9 Å². The fourth-order valence-corrected chi connectivity index (χ4v) is 1.61. The third-order valence-electron chi connectivity index (χ3n) is 2.44. The molecule has 1 heterocycles. The summed E-state index contributed by atoms with van der Waals surface area (Å²) in [6.45, 7) is 0.0117. The van der Waals surface area contributed by atoms with Crippen molar-refractivity contribution < 1.29 is 14.6 Å². The van der Waals surface area contributed by atoms with Crippen LogP contribution in [0.5, 0.6) is 5.75 Å². The molecular formula is C9H8N2O5. The lowest BCUT2D eigenvalue weighted by molar-refractivity contribution is -0.525. The van der Waals surface area contributed by atoms with Gasteiger partial charge in [0.1, 0.15) is 5.75 Å². The maximum atomic E-state index is 10.6. The van der Waals surface area contributed by atoms with Gasteiger partial charge in [0.2, 0.25) is 0 Å². The molecule has 0 saturated carbocycles. The maximum Gasteiger partial charge on any atom is 0.269 e. The lowest BCUT2D eigenvalue weighted by Gasteiger charge is -2.19. The number of nitrogens with zero attached hydrogens (tertiary/aromatic N) is 2. The third-order valence-corrected chi connectivity index (χ3v) is 2.44. The van der Waals surface area contributed by atoms with Crippen molar-refractivity contribution >= 4 is 5.69 Å². The number of hydrogen-bond acceptors (Lipinski definition) is 5. The van der Waals surface area contributed by atoms with Crippen LogP contribution in [0.2, 0.25) is 0 Å². The second kappa shape index (κ2) is 3.76. The van der Waals surface area contributed by atoms with Crippen molar-refractivity contribution in [1.82, 2.24) is 0 Å². The minimum absolute atomic E-state index is 0.0117. The Morgan fingerprint density at radius 2 is 2.06 bits per heavy atom. The average molecular weight is 224 g/mol. The standard InChI is InChI=1S/C9H8N2O5/c12-10(13)7-1-2-9-6(3-7)4-8(5-16-9)11(14)15/h1-3,8H,4-5H2. The summed E-state index contributed by atoms with van der Waals surface area (Å²) >= 11 is 0. The number of fused-ring (bicyclic) bond motifs is 1. The van der Waals surface area contributed by atoms with E-state index in [0.29, 0.717) is 11.3 Å². The van der Waals surface area contributed by atoms with E-state index in [1.807, 2.05) is 0 Å². The van der Waals surface area contributed by atoms with Crippen LogP contribution < -0.4 is 4.74 Å². The summed E-state index contributed by atoms with van der Waals surface area (Å²) in [5, 5.41) is 21.1. The highest BCUT2D eigenvalue weighted by Gasteiger charge is 2.29. The highest BCUT2D eigenvalue weighted by molar-refractivity contribution is 5.45. The van der Waals surface area contributed by atoms with Crippen LogP contribution >= 0.6 is 0 Å². The van der Waals surface area contributed by atoms with E-state index in [2.05, 4.69) is 0 Å². The Morgan fingerprint density at radius 1 is 1.31 bits per heavy atom. The molecule has 1 aromatic carbocycles. The monoisotopic (exact) mass is 224 g/mol. The molecule has 7 heteroatoms. The third kappa shape index (κ3) is 1.79. The van der Waals surface area contributed by atoms with Gasteiger partial charge in [0.25, 0.3) is 11.7 Å². The molecule has 0 fully saturated rings. The van der Waals surface area contributed by atoms with Gasteiger partial charge in [-0.05, 0) is 6.07 Å². The maximum absolute atomic E-state index is 10.6. The van der Waals surface area contributed by atoms with Crippen molar-refractivity contribution in [3.63, 3.8) is 0 Å². The van der Waals surface area contributed by atoms with Crippen LogP contribution in [-0.2, 0) is 6.42 Å². The predicted molar refractivity (Wildman–Crippen MR) is 53.1 cm³/mol. The number of rotatable bonds is 2. The Bertz CT molecular complexity index is 459. The summed E-state index contributed by atoms with van der Waals surface area (Å²) in [4.78, 5) is 20.1. The van der Waals surface area contributed by atoms with Crippen molar-refractivity contribution in [1.29, 1.82) is 0 Å². The van der Waals surface area contributed by atoms with Crippen molar-refractivity contribution in [2.24, 2.45) is 0 Å². The smallest absolute Gasteiger partial charge is 0.269 e. The van der Waals surface area contributed by atoms with E-state index in [0.717, 1.165) is 0 Å². The molecule has 1 aromatic rings. The van der Waals surface area contributed by atoms with E-state index >= 15 is 0 Å². The summed E-state index contributed by atoms with van der Waals surface area (Å²) in [6.07, 6.45) is 0.171. The van der Waals surface area contributed by atoms with Crippen LogP contribution in [0, 0.1) is 20.2 Å². The number of hydrogen-bond donors (Lipinski definition) is 0. The Morgan fingerprint density at radius 3 is 2.69 bits per heavy atom. The Kier molecular flexibility index (Phi) is 2.43. The molecule has 1 aliphatic rings. The lowest BCUT2D eigenvalue weighted by Crippen LogP contribution is -2.33. The lowest BCUT2D eigenvalue weighted by atomic mass is 10.0. The van der Waals surface area contributed by atoms with Gasteiger partial charge in [-0.15, -0.1) is 0 Å². The Labute approximate surface area is 89.9 Å². The summed E-state index contributed by atoms with van der Waals surface area (Å²) in [5.41, 5.74) is 0.438. The number of nitro benzene ring substituents is 1. The van der Waals surface area contributed by atoms with Crippen LogP contribution in [0.4, 0.5) is 5.69 Å². The Balaban J connectivity index is 2.32. The molecule has 2 rings (SSSR count). The van der Waals surface area contributed by atoms with Crippen molar-refractivity contribution in [3.05, 3.63) is 44.0 Å². The molecular weight excluding hydrogens is 216 g/mol. The fraction of sp³-hybridized carbons (Fsp3) is 0.333. The summed E-state index contributed by atoms with van der Waals surface area (Å²) in [5.74, 6) is 0.490. The highest BCUT2D eigenvalue weighted by atomic mass is 16.6. The van der Waals surface area contributed by atoms with Crippen LogP contribution in [0.25, 0.3) is 0 Å². The summed E-state index contributed by atoms with van der Waals surface area (Å²) < 4.78 is 5.17. The van der Waals surface area contributed by atoms with Crippen molar-refractivity contribution in [3.8, 4) is 5.75 Å². The van der Waals surface area contributed by atoms with Crippen molar-refractivity contribution in [2.45, 2.75) is 12.5 Å². The van der Waals surface area contributed by atoms with Gasteiger partial charge in [0, 0.05) is 29.0 Å². The van der Waals surface area contributed by atoms with Gasteiger partial charge < -0.3 is 4.74 Å². The minimum Gasteiger partial charge on any atom is -0.486 e. The number of non-ortho nitro benzene ring substituents is 1. The second-order valence-electron chi connectivity index (χ2n) is 3.50. The second-order valence-corrected chi connectivity index (χ2v) is 3.50. The fourth-order valence-electron chi connectivity index (χ4n) is 1.61. The number of benzene rings is 1. The zero-order chi connectivity index (χ0) is 11.7. The van der Waals surface area contributed by atoms with E-state index in [1.165, 1.54) is 18.2 Å². The average Bonchev–Trinajstić information content (AvgIpc) is 2.27. The van der Waals surface area contributed by atoms with Gasteiger partial charge in [-0.1, -0.05) is 0 Å². The van der Waals surface area contributed by atoms with E-state index in [9.17, 15) is 20.2 Å². The summed E-state index contributed by atoms with van der Waals surface area (Å²) in [7, 11) is 0. The molecule has 0 N–H and O–H groups in total. The molecule has 0 saturated heterocycles. The quantitative estimate of drug-likeness (QED) is 0.555. The first-order chi connectivity index (χ1) is 7.58. The van der Waals surface area contributed by atoms with Crippen molar-refractivity contribution in [2.75, 3.05) is 6.61 Å². The molecule has 16 heavy (non-hydrogen) atoms. The van der Waals surface area contributed by atoms with E-state index in [1.54, 1.807) is 0 Å². The first-order valence-corrected chi connectivity index (χ1v) is 4.61. The molecule has 0 radical (unpaired) electrons. The van der Waals surface area contributed by atoms with E-state index in [-0.39, 0.29) is 18.7 Å². The zero-order valence-electron chi connectivity index (χ0n) is 8.16. The molecule has 1 aliphatic heterocycles. The van der Waals surface area contributed by atoms with Crippen LogP contribution in [0.1, 0.15) is 5.56 Å². The Hall–Kier alpha value is -2.18. The van der Waals surface area contributed by atoms with Gasteiger partial charge in [0.05, 0.1) is 4.92 Å². The predicted octanol–water partition coefficient (Wildman–Crippen LogP) is 1.17. The first-order valence-electron chi connectivity index (χ1n) is 4.61. The molecule has 1 unspecified atom stereocenters. The summed E-state index contributed by atoms with van der Waals surface area (Å²) in [6, 6.07) is 3.30. The number of ether oxygens (including phenoxy) is 1. The van der Waals surface area contributed by atoms with E-state index in [4.69, 9.17) is 4.74 Å². The molecule has 0 amide bonds. The normalized spacial score (nSPS) is 18.4. The van der Waals surface area contributed by atoms with Gasteiger partial charge >= 0.3 is 0 Å². The van der Waals surface area contributed by atoms with Gasteiger partial charge in [-0.3, -0.25) is 20.2 Å².